The summed E-state index contributed by atoms with van der Waals surface area (Å²) in [6, 6.07) is 8.01. The SMILES string of the molecule is CCOP(OCC)C(C1=CCCC=C1NC)c1ccc(Cl)cc1. The van der Waals surface area contributed by atoms with Gasteiger partial charge in [-0.05, 0) is 50.0 Å². The molecule has 0 saturated carbocycles. The lowest BCUT2D eigenvalue weighted by Gasteiger charge is -2.30. The molecule has 5 heteroatoms. The average molecular weight is 354 g/mol. The molecule has 0 aromatic heterocycles. The molecule has 3 nitrogen and oxygen atoms in total. The van der Waals surface area contributed by atoms with Gasteiger partial charge in [0.2, 0.25) is 0 Å². The van der Waals surface area contributed by atoms with Crippen molar-refractivity contribution in [1.29, 1.82) is 0 Å². The van der Waals surface area contributed by atoms with Crippen molar-refractivity contribution in [3.63, 3.8) is 0 Å². The minimum absolute atomic E-state index is 0.0844. The van der Waals surface area contributed by atoms with Crippen molar-refractivity contribution in [2.24, 2.45) is 0 Å². The van der Waals surface area contributed by atoms with E-state index < -0.39 is 8.38 Å². The van der Waals surface area contributed by atoms with E-state index in [0.29, 0.717) is 13.2 Å². The topological polar surface area (TPSA) is 30.5 Å². The predicted octanol–water partition coefficient (Wildman–Crippen LogP) is 5.59. The highest BCUT2D eigenvalue weighted by Crippen LogP contribution is 2.58. The van der Waals surface area contributed by atoms with Crippen LogP contribution in [0, 0.1) is 0 Å². The molecule has 1 atom stereocenters. The second-order valence-corrected chi connectivity index (χ2v) is 7.22. The van der Waals surface area contributed by atoms with E-state index >= 15 is 0 Å². The summed E-state index contributed by atoms with van der Waals surface area (Å²) >= 11 is 6.06. The highest BCUT2D eigenvalue weighted by atomic mass is 35.5. The molecule has 1 aromatic rings. The zero-order valence-electron chi connectivity index (χ0n) is 14.0. The summed E-state index contributed by atoms with van der Waals surface area (Å²) in [4.78, 5) is 0. The number of halogens is 1. The van der Waals surface area contributed by atoms with Gasteiger partial charge >= 0.3 is 0 Å². The summed E-state index contributed by atoms with van der Waals surface area (Å²) in [6.45, 7) is 5.30. The van der Waals surface area contributed by atoms with Gasteiger partial charge in [-0.1, -0.05) is 35.9 Å². The normalized spacial score (nSPS) is 16.0. The molecule has 0 aliphatic heterocycles. The first-order valence-corrected chi connectivity index (χ1v) is 9.72. The summed E-state index contributed by atoms with van der Waals surface area (Å²) in [5, 5.41) is 4.06. The molecular formula is C18H25ClNO2P. The van der Waals surface area contributed by atoms with Crippen molar-refractivity contribution in [1.82, 2.24) is 5.32 Å². The lowest BCUT2D eigenvalue weighted by atomic mass is 9.96. The standard InChI is InChI=1S/C18H25ClNO2P/c1-4-21-23(22-5-2)18(14-10-12-15(19)13-11-14)16-8-6-7-9-17(16)20-3/h8-13,18,20H,4-7H2,1-3H3. The Morgan fingerprint density at radius 3 is 2.26 bits per heavy atom. The van der Waals surface area contributed by atoms with Gasteiger partial charge in [0.05, 0.1) is 18.9 Å². The molecule has 1 aliphatic carbocycles. The monoisotopic (exact) mass is 353 g/mol. The van der Waals surface area contributed by atoms with Gasteiger partial charge in [-0.25, -0.2) is 0 Å². The molecule has 0 bridgehead atoms. The Labute approximate surface area is 145 Å². The molecule has 1 N–H and O–H groups in total. The predicted molar refractivity (Wildman–Crippen MR) is 98.8 cm³/mol. The van der Waals surface area contributed by atoms with Gasteiger partial charge < -0.3 is 14.4 Å². The van der Waals surface area contributed by atoms with Crippen LogP contribution in [0.15, 0.2) is 47.7 Å². The fraction of sp³-hybridized carbons (Fsp3) is 0.444. The van der Waals surface area contributed by atoms with Crippen molar-refractivity contribution in [3.8, 4) is 0 Å². The fourth-order valence-corrected chi connectivity index (χ4v) is 4.60. The van der Waals surface area contributed by atoms with Crippen LogP contribution in [0.4, 0.5) is 0 Å². The molecule has 0 heterocycles. The Balaban J connectivity index is 2.43. The van der Waals surface area contributed by atoms with Gasteiger partial charge in [-0.3, -0.25) is 0 Å². The van der Waals surface area contributed by atoms with E-state index in [1.54, 1.807) is 0 Å². The number of benzene rings is 1. The molecule has 0 radical (unpaired) electrons. The van der Waals surface area contributed by atoms with Gasteiger partial charge in [0, 0.05) is 17.8 Å². The maximum absolute atomic E-state index is 6.06. The number of rotatable bonds is 8. The summed E-state index contributed by atoms with van der Waals surface area (Å²) < 4.78 is 12.0. The molecular weight excluding hydrogens is 329 g/mol. The number of nitrogens with one attached hydrogen (secondary N) is 1. The van der Waals surface area contributed by atoms with Gasteiger partial charge in [-0.2, -0.15) is 0 Å². The van der Waals surface area contributed by atoms with Crippen LogP contribution in [0.5, 0.6) is 0 Å². The van der Waals surface area contributed by atoms with E-state index in [-0.39, 0.29) is 5.66 Å². The largest absolute Gasteiger partial charge is 0.388 e. The second kappa shape index (κ2) is 9.44. The highest BCUT2D eigenvalue weighted by Gasteiger charge is 2.31. The van der Waals surface area contributed by atoms with E-state index in [1.165, 1.54) is 16.8 Å². The lowest BCUT2D eigenvalue weighted by Crippen LogP contribution is -2.17. The third kappa shape index (κ3) is 4.81. The smallest absolute Gasteiger partial charge is 0.183 e. The third-order valence-corrected chi connectivity index (χ3v) is 5.94. The molecule has 23 heavy (non-hydrogen) atoms. The molecule has 0 saturated heterocycles. The summed E-state index contributed by atoms with van der Waals surface area (Å²) in [6.07, 6.45) is 6.67. The van der Waals surface area contributed by atoms with Gasteiger partial charge in [0.15, 0.2) is 8.38 Å². The van der Waals surface area contributed by atoms with Crippen molar-refractivity contribution in [2.45, 2.75) is 32.3 Å². The van der Waals surface area contributed by atoms with Crippen LogP contribution < -0.4 is 5.32 Å². The zero-order chi connectivity index (χ0) is 16.7. The quantitative estimate of drug-likeness (QED) is 0.618. The molecule has 1 aromatic carbocycles. The maximum Gasteiger partial charge on any atom is 0.183 e. The third-order valence-electron chi connectivity index (χ3n) is 3.66. The Morgan fingerprint density at radius 1 is 1.09 bits per heavy atom. The van der Waals surface area contributed by atoms with E-state index in [0.717, 1.165) is 17.9 Å². The number of allylic oxidation sites excluding steroid dienone is 3. The molecule has 0 spiro atoms. The van der Waals surface area contributed by atoms with Crippen molar-refractivity contribution >= 4 is 20.0 Å². The Hall–Kier alpha value is -0.860. The van der Waals surface area contributed by atoms with Gasteiger partial charge in [0.25, 0.3) is 0 Å². The summed E-state index contributed by atoms with van der Waals surface area (Å²) in [7, 11) is 0.908. The van der Waals surface area contributed by atoms with E-state index in [1.807, 2.05) is 33.0 Å². The first-order chi connectivity index (χ1) is 11.2. The van der Waals surface area contributed by atoms with Crippen molar-refractivity contribution in [3.05, 3.63) is 58.3 Å². The second-order valence-electron chi connectivity index (χ2n) is 5.18. The van der Waals surface area contributed by atoms with Crippen LogP contribution in [0.2, 0.25) is 5.02 Å². The summed E-state index contributed by atoms with van der Waals surface area (Å²) in [5.74, 6) is 0. The fourth-order valence-electron chi connectivity index (χ4n) is 2.70. The van der Waals surface area contributed by atoms with E-state index in [9.17, 15) is 0 Å². The van der Waals surface area contributed by atoms with E-state index in [4.69, 9.17) is 20.6 Å². The molecule has 2 rings (SSSR count). The molecule has 0 amide bonds. The van der Waals surface area contributed by atoms with Crippen molar-refractivity contribution in [2.75, 3.05) is 20.3 Å². The van der Waals surface area contributed by atoms with E-state index in [2.05, 4.69) is 29.6 Å². The van der Waals surface area contributed by atoms with Crippen LogP contribution in [0.25, 0.3) is 0 Å². The van der Waals surface area contributed by atoms with Gasteiger partial charge in [0.1, 0.15) is 0 Å². The lowest BCUT2D eigenvalue weighted by molar-refractivity contribution is 0.264. The molecule has 1 aliphatic rings. The first-order valence-electron chi connectivity index (χ1n) is 8.10. The maximum atomic E-state index is 6.06. The van der Waals surface area contributed by atoms with Crippen LogP contribution >= 0.6 is 20.0 Å². The van der Waals surface area contributed by atoms with Crippen LogP contribution in [-0.4, -0.2) is 20.3 Å². The van der Waals surface area contributed by atoms with Crippen LogP contribution in [-0.2, 0) is 9.05 Å². The highest BCUT2D eigenvalue weighted by molar-refractivity contribution is 7.48. The Kier molecular flexibility index (Phi) is 7.58. The number of likely N-dealkylation sites (N-methyl/N-ethyl adjacent to an activating group) is 1. The molecule has 126 valence electrons. The van der Waals surface area contributed by atoms with Crippen LogP contribution in [0.3, 0.4) is 0 Å². The first kappa shape index (κ1) is 18.5. The average Bonchev–Trinajstić information content (AvgIpc) is 2.57. The number of hydrogen-bond donors (Lipinski definition) is 1. The molecule has 1 unspecified atom stereocenters. The Morgan fingerprint density at radius 2 is 1.70 bits per heavy atom. The van der Waals surface area contributed by atoms with Crippen LogP contribution in [0.1, 0.15) is 37.9 Å². The molecule has 0 fully saturated rings. The minimum Gasteiger partial charge on any atom is -0.388 e. The summed E-state index contributed by atoms with van der Waals surface area (Å²) in [5.41, 5.74) is 3.69. The Bertz CT molecular complexity index is 551. The van der Waals surface area contributed by atoms with Gasteiger partial charge in [-0.15, -0.1) is 0 Å². The zero-order valence-corrected chi connectivity index (χ0v) is 15.7. The number of hydrogen-bond acceptors (Lipinski definition) is 3. The van der Waals surface area contributed by atoms with Crippen molar-refractivity contribution < 1.29 is 9.05 Å². The minimum atomic E-state index is -1.06.